The Bertz CT molecular complexity index is 524. The molecule has 1 fully saturated rings. The number of aliphatic carboxylic acids is 1. The first-order valence-electron chi connectivity index (χ1n) is 7.59. The fourth-order valence-corrected chi connectivity index (χ4v) is 3.21. The average Bonchev–Trinajstić information content (AvgIpc) is 2.95. The molecule has 0 aromatic heterocycles. The van der Waals surface area contributed by atoms with Gasteiger partial charge in [-0.15, -0.1) is 0 Å². The fraction of sp³-hybridized carbons (Fsp3) is 0.562. The van der Waals surface area contributed by atoms with Crippen LogP contribution in [0.4, 0.5) is 5.69 Å². The summed E-state index contributed by atoms with van der Waals surface area (Å²) in [5, 5.41) is 12.9. The molecular formula is C16H23ClN2O3. The first-order chi connectivity index (χ1) is 10.5. The highest BCUT2D eigenvalue weighted by Crippen LogP contribution is 2.32. The van der Waals surface area contributed by atoms with Gasteiger partial charge in [0.05, 0.1) is 12.1 Å². The van der Waals surface area contributed by atoms with Gasteiger partial charge >= 0.3 is 5.97 Å². The molecule has 2 unspecified atom stereocenters. The van der Waals surface area contributed by atoms with Gasteiger partial charge in [0, 0.05) is 18.8 Å². The van der Waals surface area contributed by atoms with Gasteiger partial charge in [0.25, 0.3) is 0 Å². The van der Waals surface area contributed by atoms with Crippen molar-refractivity contribution in [3.05, 3.63) is 23.2 Å². The number of likely N-dealkylation sites (N-methyl/N-ethyl adjacent to an activating group) is 1. The van der Waals surface area contributed by atoms with E-state index in [2.05, 4.69) is 10.2 Å². The minimum absolute atomic E-state index is 0.376. The van der Waals surface area contributed by atoms with E-state index in [1.807, 2.05) is 25.1 Å². The van der Waals surface area contributed by atoms with Crippen LogP contribution < -0.4 is 15.0 Å². The number of carboxylic acid groups (broad SMARTS) is 1. The van der Waals surface area contributed by atoms with Crippen LogP contribution in [0.5, 0.6) is 5.75 Å². The number of anilines is 1. The lowest BCUT2D eigenvalue weighted by atomic mass is 9.99. The summed E-state index contributed by atoms with van der Waals surface area (Å²) in [6.45, 7) is 4.38. The van der Waals surface area contributed by atoms with Crippen LogP contribution in [0.3, 0.4) is 0 Å². The molecule has 22 heavy (non-hydrogen) atoms. The van der Waals surface area contributed by atoms with Gasteiger partial charge in [0.15, 0.2) is 0 Å². The van der Waals surface area contributed by atoms with Crippen molar-refractivity contribution in [1.29, 1.82) is 0 Å². The smallest absolute Gasteiger partial charge is 0.320 e. The van der Waals surface area contributed by atoms with Gasteiger partial charge in [-0.2, -0.15) is 0 Å². The van der Waals surface area contributed by atoms with E-state index in [1.54, 1.807) is 7.11 Å². The third-order valence-corrected chi connectivity index (χ3v) is 4.40. The molecule has 1 heterocycles. The molecule has 5 nitrogen and oxygen atoms in total. The van der Waals surface area contributed by atoms with Crippen molar-refractivity contribution in [1.82, 2.24) is 5.32 Å². The normalized spacial score (nSPS) is 19.2. The Morgan fingerprint density at radius 2 is 2.36 bits per heavy atom. The molecule has 0 aliphatic carbocycles. The lowest BCUT2D eigenvalue weighted by molar-refractivity contribution is -0.139. The van der Waals surface area contributed by atoms with E-state index in [1.165, 1.54) is 0 Å². The highest BCUT2D eigenvalue weighted by Gasteiger charge is 2.28. The SMILES string of the molecule is CCNC(CC1CCN(c2ccc(OC)c(Cl)c2)C1)C(=O)O. The molecule has 0 saturated carbocycles. The molecule has 1 aliphatic rings. The van der Waals surface area contributed by atoms with E-state index in [0.717, 1.165) is 25.2 Å². The zero-order valence-corrected chi connectivity index (χ0v) is 13.8. The molecule has 1 saturated heterocycles. The van der Waals surface area contributed by atoms with E-state index in [9.17, 15) is 9.90 Å². The van der Waals surface area contributed by atoms with Crippen LogP contribution in [0.2, 0.25) is 5.02 Å². The van der Waals surface area contributed by atoms with Crippen LogP contribution in [0.25, 0.3) is 0 Å². The maximum Gasteiger partial charge on any atom is 0.320 e. The van der Waals surface area contributed by atoms with Gasteiger partial charge in [0.2, 0.25) is 0 Å². The number of hydrogen-bond acceptors (Lipinski definition) is 4. The van der Waals surface area contributed by atoms with Gasteiger partial charge in [-0.05, 0) is 43.5 Å². The van der Waals surface area contributed by atoms with Crippen molar-refractivity contribution in [3.63, 3.8) is 0 Å². The standard InChI is InChI=1S/C16H23ClN2O3/c1-3-18-14(16(20)21)8-11-6-7-19(10-11)12-4-5-15(22-2)13(17)9-12/h4-5,9,11,14,18H,3,6-8,10H2,1-2H3,(H,20,21). The molecule has 0 radical (unpaired) electrons. The van der Waals surface area contributed by atoms with E-state index in [0.29, 0.717) is 29.7 Å². The number of carbonyl (C=O) groups is 1. The maximum absolute atomic E-state index is 11.2. The third kappa shape index (κ3) is 4.05. The van der Waals surface area contributed by atoms with Crippen LogP contribution in [0.1, 0.15) is 19.8 Å². The van der Waals surface area contributed by atoms with Crippen LogP contribution in [0.15, 0.2) is 18.2 Å². The molecule has 0 bridgehead atoms. The van der Waals surface area contributed by atoms with E-state index in [4.69, 9.17) is 16.3 Å². The van der Waals surface area contributed by atoms with Crippen LogP contribution in [-0.2, 0) is 4.79 Å². The summed E-state index contributed by atoms with van der Waals surface area (Å²) in [6, 6.07) is 5.30. The zero-order valence-electron chi connectivity index (χ0n) is 13.0. The predicted octanol–water partition coefficient (Wildman–Crippen LogP) is 2.63. The predicted molar refractivity (Wildman–Crippen MR) is 88.0 cm³/mol. The lowest BCUT2D eigenvalue weighted by Crippen LogP contribution is -2.38. The maximum atomic E-state index is 11.2. The minimum atomic E-state index is -0.771. The first-order valence-corrected chi connectivity index (χ1v) is 7.97. The van der Waals surface area contributed by atoms with Gasteiger partial charge in [-0.25, -0.2) is 0 Å². The number of halogens is 1. The zero-order chi connectivity index (χ0) is 16.1. The number of hydrogen-bond donors (Lipinski definition) is 2. The Hall–Kier alpha value is -1.46. The highest BCUT2D eigenvalue weighted by molar-refractivity contribution is 6.32. The Kier molecular flexibility index (Phi) is 5.91. The van der Waals surface area contributed by atoms with E-state index in [-0.39, 0.29) is 0 Å². The topological polar surface area (TPSA) is 61.8 Å². The summed E-state index contributed by atoms with van der Waals surface area (Å²) in [7, 11) is 1.60. The second kappa shape index (κ2) is 7.70. The fourth-order valence-electron chi connectivity index (χ4n) is 2.96. The first kappa shape index (κ1) is 16.9. The van der Waals surface area contributed by atoms with Crippen molar-refractivity contribution in [2.75, 3.05) is 31.6 Å². The Labute approximate surface area is 136 Å². The Morgan fingerprint density at radius 1 is 1.59 bits per heavy atom. The van der Waals surface area contributed by atoms with Gasteiger partial charge in [-0.3, -0.25) is 4.79 Å². The molecule has 0 amide bonds. The Morgan fingerprint density at radius 3 is 2.95 bits per heavy atom. The summed E-state index contributed by atoms with van der Waals surface area (Å²) in [6.07, 6.45) is 1.66. The molecule has 2 rings (SSSR count). The number of benzene rings is 1. The quantitative estimate of drug-likeness (QED) is 0.806. The molecular weight excluding hydrogens is 304 g/mol. The van der Waals surface area contributed by atoms with Crippen molar-refractivity contribution >= 4 is 23.3 Å². The lowest BCUT2D eigenvalue weighted by Gasteiger charge is -2.21. The molecule has 1 aliphatic heterocycles. The number of carboxylic acids is 1. The summed E-state index contributed by atoms with van der Waals surface area (Å²) in [5.74, 6) is 0.271. The number of rotatable bonds is 7. The molecule has 6 heteroatoms. The monoisotopic (exact) mass is 326 g/mol. The molecule has 1 aromatic rings. The summed E-state index contributed by atoms with van der Waals surface area (Å²) in [4.78, 5) is 13.5. The molecule has 2 atom stereocenters. The van der Waals surface area contributed by atoms with Gasteiger partial charge < -0.3 is 20.1 Å². The number of methoxy groups -OCH3 is 1. The Balaban J connectivity index is 1.97. The largest absolute Gasteiger partial charge is 0.495 e. The second-order valence-corrected chi connectivity index (χ2v) is 6.01. The minimum Gasteiger partial charge on any atom is -0.495 e. The number of ether oxygens (including phenoxy) is 1. The summed E-state index contributed by atoms with van der Waals surface area (Å²) in [5.41, 5.74) is 1.06. The number of nitrogens with one attached hydrogen (secondary N) is 1. The van der Waals surface area contributed by atoms with E-state index < -0.39 is 12.0 Å². The molecule has 122 valence electrons. The molecule has 1 aromatic carbocycles. The van der Waals surface area contributed by atoms with Gasteiger partial charge in [-0.1, -0.05) is 18.5 Å². The van der Waals surface area contributed by atoms with Crippen molar-refractivity contribution < 1.29 is 14.6 Å². The second-order valence-electron chi connectivity index (χ2n) is 5.60. The van der Waals surface area contributed by atoms with Crippen molar-refractivity contribution in [2.24, 2.45) is 5.92 Å². The highest BCUT2D eigenvalue weighted by atomic mass is 35.5. The average molecular weight is 327 g/mol. The number of nitrogens with zero attached hydrogens (tertiary/aromatic N) is 1. The van der Waals surface area contributed by atoms with Crippen molar-refractivity contribution in [3.8, 4) is 5.75 Å². The summed E-state index contributed by atoms with van der Waals surface area (Å²) >= 11 is 6.17. The van der Waals surface area contributed by atoms with E-state index >= 15 is 0 Å². The molecule has 2 N–H and O–H groups in total. The van der Waals surface area contributed by atoms with Gasteiger partial charge in [0.1, 0.15) is 11.8 Å². The summed E-state index contributed by atoms with van der Waals surface area (Å²) < 4.78 is 5.17. The molecule has 0 spiro atoms. The third-order valence-electron chi connectivity index (χ3n) is 4.10. The van der Waals surface area contributed by atoms with Crippen molar-refractivity contribution in [2.45, 2.75) is 25.8 Å². The van der Waals surface area contributed by atoms with Crippen LogP contribution in [0, 0.1) is 5.92 Å². The van der Waals surface area contributed by atoms with Crippen LogP contribution >= 0.6 is 11.6 Å². The van der Waals surface area contributed by atoms with Crippen LogP contribution in [-0.4, -0.2) is 43.9 Å².